The Morgan fingerprint density at radius 2 is 2.28 bits per heavy atom. The van der Waals surface area contributed by atoms with E-state index in [4.69, 9.17) is 5.73 Å². The van der Waals surface area contributed by atoms with Crippen LogP contribution in [0.1, 0.15) is 25.7 Å². The van der Waals surface area contributed by atoms with Crippen molar-refractivity contribution in [2.45, 2.75) is 31.7 Å². The molecular weight excluding hydrogens is 226 g/mol. The highest BCUT2D eigenvalue weighted by atomic mass is 15.2. The Morgan fingerprint density at radius 1 is 1.39 bits per heavy atom. The van der Waals surface area contributed by atoms with E-state index in [2.05, 4.69) is 20.5 Å². The maximum atomic E-state index is 5.85. The maximum absolute atomic E-state index is 5.85. The number of fused-ring (bicyclic) bond motifs is 1. The molecule has 96 valence electrons. The van der Waals surface area contributed by atoms with Crippen molar-refractivity contribution in [1.29, 1.82) is 0 Å². The summed E-state index contributed by atoms with van der Waals surface area (Å²) in [6.07, 6.45) is 6.73. The number of hydrogen-bond acceptors (Lipinski definition) is 4. The van der Waals surface area contributed by atoms with Gasteiger partial charge in [0.05, 0.1) is 5.39 Å². The van der Waals surface area contributed by atoms with Crippen LogP contribution in [0.5, 0.6) is 0 Å². The number of anilines is 1. The van der Waals surface area contributed by atoms with E-state index in [0.29, 0.717) is 12.0 Å². The molecule has 0 bridgehead atoms. The fourth-order valence-electron chi connectivity index (χ4n) is 2.82. The summed E-state index contributed by atoms with van der Waals surface area (Å²) in [4.78, 5) is 4.25. The third-order valence-corrected chi connectivity index (χ3v) is 3.87. The van der Waals surface area contributed by atoms with Crippen molar-refractivity contribution in [3.05, 3.63) is 18.3 Å². The minimum atomic E-state index is 0.440. The van der Waals surface area contributed by atoms with E-state index in [9.17, 15) is 0 Å². The number of hydrogen-bond donors (Lipinski definition) is 3. The zero-order chi connectivity index (χ0) is 12.4. The van der Waals surface area contributed by atoms with Crippen LogP contribution in [0.15, 0.2) is 18.3 Å². The molecule has 0 amide bonds. The number of nitrogens with zero attached hydrogens (tertiary/aromatic N) is 2. The van der Waals surface area contributed by atoms with E-state index in [1.807, 2.05) is 12.1 Å². The Morgan fingerprint density at radius 3 is 3.17 bits per heavy atom. The fraction of sp³-hybridized carbons (Fsp3) is 0.538. The third kappa shape index (κ3) is 2.06. The molecule has 2 unspecified atom stereocenters. The summed E-state index contributed by atoms with van der Waals surface area (Å²) in [7, 11) is 0. The van der Waals surface area contributed by atoms with Crippen molar-refractivity contribution < 1.29 is 0 Å². The monoisotopic (exact) mass is 245 g/mol. The van der Waals surface area contributed by atoms with Crippen LogP contribution in [0.3, 0.4) is 0 Å². The lowest BCUT2D eigenvalue weighted by Gasteiger charge is -2.31. The topological polar surface area (TPSA) is 79.6 Å². The van der Waals surface area contributed by atoms with Crippen LogP contribution in [0.2, 0.25) is 0 Å². The maximum Gasteiger partial charge on any atom is 0.157 e. The molecule has 4 N–H and O–H groups in total. The number of H-pyrrole nitrogens is 1. The Labute approximate surface area is 106 Å². The first kappa shape index (κ1) is 11.5. The van der Waals surface area contributed by atoms with Gasteiger partial charge in [0.2, 0.25) is 0 Å². The second-order valence-corrected chi connectivity index (χ2v) is 5.00. The van der Waals surface area contributed by atoms with Crippen molar-refractivity contribution in [2.75, 3.05) is 11.9 Å². The van der Waals surface area contributed by atoms with Crippen LogP contribution in [-0.2, 0) is 0 Å². The van der Waals surface area contributed by atoms with Crippen LogP contribution >= 0.6 is 0 Å². The minimum Gasteiger partial charge on any atom is -0.365 e. The van der Waals surface area contributed by atoms with Crippen LogP contribution in [0.4, 0.5) is 5.82 Å². The summed E-state index contributed by atoms with van der Waals surface area (Å²) in [5.74, 6) is 1.46. The van der Waals surface area contributed by atoms with E-state index in [1.165, 1.54) is 25.7 Å². The lowest BCUT2D eigenvalue weighted by atomic mass is 9.84. The minimum absolute atomic E-state index is 0.440. The predicted octanol–water partition coefficient (Wildman–Crippen LogP) is 1.89. The highest BCUT2D eigenvalue weighted by Gasteiger charge is 2.24. The number of aromatic amines is 1. The molecule has 2 aromatic rings. The molecule has 0 aromatic carbocycles. The van der Waals surface area contributed by atoms with Gasteiger partial charge in [0.1, 0.15) is 0 Å². The molecule has 5 heteroatoms. The first-order chi connectivity index (χ1) is 8.88. The van der Waals surface area contributed by atoms with Gasteiger partial charge >= 0.3 is 0 Å². The SMILES string of the molecule is NCC1CCCCC1Nc1n[nH]c2ncccc12. The highest BCUT2D eigenvalue weighted by Crippen LogP contribution is 2.28. The smallest absolute Gasteiger partial charge is 0.157 e. The zero-order valence-corrected chi connectivity index (χ0v) is 10.4. The quantitative estimate of drug-likeness (QED) is 0.771. The second-order valence-electron chi connectivity index (χ2n) is 5.00. The lowest BCUT2D eigenvalue weighted by molar-refractivity contribution is 0.332. The van der Waals surface area contributed by atoms with Gasteiger partial charge < -0.3 is 11.1 Å². The molecule has 2 heterocycles. The van der Waals surface area contributed by atoms with Gasteiger partial charge in [0.25, 0.3) is 0 Å². The molecule has 0 radical (unpaired) electrons. The molecule has 5 nitrogen and oxygen atoms in total. The number of nitrogens with two attached hydrogens (primary N) is 1. The number of aromatic nitrogens is 3. The summed E-state index contributed by atoms with van der Waals surface area (Å²) in [5.41, 5.74) is 6.69. The average molecular weight is 245 g/mol. The number of rotatable bonds is 3. The summed E-state index contributed by atoms with van der Waals surface area (Å²) in [6, 6.07) is 4.41. The van der Waals surface area contributed by atoms with Gasteiger partial charge in [0.15, 0.2) is 11.5 Å². The first-order valence-corrected chi connectivity index (χ1v) is 6.64. The van der Waals surface area contributed by atoms with Gasteiger partial charge in [-0.2, -0.15) is 5.10 Å². The van der Waals surface area contributed by atoms with Gasteiger partial charge in [-0.3, -0.25) is 5.10 Å². The molecular formula is C13H19N5. The molecule has 1 aliphatic rings. The molecule has 1 aliphatic carbocycles. The van der Waals surface area contributed by atoms with Crippen molar-refractivity contribution in [2.24, 2.45) is 11.7 Å². The largest absolute Gasteiger partial charge is 0.365 e. The molecule has 2 aromatic heterocycles. The molecule has 3 rings (SSSR count). The van der Waals surface area contributed by atoms with Crippen molar-refractivity contribution in [3.63, 3.8) is 0 Å². The van der Waals surface area contributed by atoms with Crippen molar-refractivity contribution >= 4 is 16.9 Å². The van der Waals surface area contributed by atoms with E-state index in [0.717, 1.165) is 23.4 Å². The fourth-order valence-corrected chi connectivity index (χ4v) is 2.82. The van der Waals surface area contributed by atoms with Crippen molar-refractivity contribution in [1.82, 2.24) is 15.2 Å². The molecule has 0 saturated heterocycles. The zero-order valence-electron chi connectivity index (χ0n) is 10.4. The Balaban J connectivity index is 1.82. The van der Waals surface area contributed by atoms with Gasteiger partial charge in [-0.1, -0.05) is 12.8 Å². The van der Waals surface area contributed by atoms with Crippen LogP contribution < -0.4 is 11.1 Å². The summed E-state index contributed by atoms with van der Waals surface area (Å²) in [5, 5.41) is 11.9. The van der Waals surface area contributed by atoms with E-state index in [1.54, 1.807) is 6.20 Å². The molecule has 1 saturated carbocycles. The highest BCUT2D eigenvalue weighted by molar-refractivity contribution is 5.86. The van der Waals surface area contributed by atoms with Crippen molar-refractivity contribution in [3.8, 4) is 0 Å². The van der Waals surface area contributed by atoms with Crippen LogP contribution in [0.25, 0.3) is 11.0 Å². The Kier molecular flexibility index (Phi) is 3.15. The summed E-state index contributed by atoms with van der Waals surface area (Å²) < 4.78 is 0. The predicted molar refractivity (Wildman–Crippen MR) is 72.3 cm³/mol. The number of nitrogens with one attached hydrogen (secondary N) is 2. The molecule has 1 fully saturated rings. The van der Waals surface area contributed by atoms with E-state index >= 15 is 0 Å². The van der Waals surface area contributed by atoms with Gasteiger partial charge in [-0.05, 0) is 37.4 Å². The molecule has 0 spiro atoms. The summed E-state index contributed by atoms with van der Waals surface area (Å²) in [6.45, 7) is 0.748. The van der Waals surface area contributed by atoms with Crippen LogP contribution in [-0.4, -0.2) is 27.8 Å². The Bertz CT molecular complexity index is 521. The first-order valence-electron chi connectivity index (χ1n) is 6.64. The summed E-state index contributed by atoms with van der Waals surface area (Å²) >= 11 is 0. The molecule has 18 heavy (non-hydrogen) atoms. The molecule has 0 aliphatic heterocycles. The standard InChI is InChI=1S/C13H19N5/c14-8-9-4-1-2-6-11(9)16-13-10-5-3-7-15-12(10)17-18-13/h3,5,7,9,11H,1-2,4,6,8,14H2,(H2,15,16,17,18). The lowest BCUT2D eigenvalue weighted by Crippen LogP contribution is -2.36. The Hall–Kier alpha value is -1.62. The number of pyridine rings is 1. The average Bonchev–Trinajstić information content (AvgIpc) is 2.83. The molecule has 2 atom stereocenters. The second kappa shape index (κ2) is 4.94. The van der Waals surface area contributed by atoms with Gasteiger partial charge in [-0.15, -0.1) is 0 Å². The third-order valence-electron chi connectivity index (χ3n) is 3.87. The van der Waals surface area contributed by atoms with Gasteiger partial charge in [0, 0.05) is 12.2 Å². The van der Waals surface area contributed by atoms with Crippen LogP contribution in [0, 0.1) is 5.92 Å². The van der Waals surface area contributed by atoms with E-state index in [-0.39, 0.29) is 0 Å². The normalized spacial score (nSPS) is 24.3. The van der Waals surface area contributed by atoms with E-state index < -0.39 is 0 Å². The van der Waals surface area contributed by atoms with Gasteiger partial charge in [-0.25, -0.2) is 4.98 Å².